The summed E-state index contributed by atoms with van der Waals surface area (Å²) in [6, 6.07) is 0. The van der Waals surface area contributed by atoms with Crippen molar-refractivity contribution in [1.82, 2.24) is 0 Å². The summed E-state index contributed by atoms with van der Waals surface area (Å²) in [5, 5.41) is 0.867. The van der Waals surface area contributed by atoms with Crippen LogP contribution in [0, 0.1) is 0 Å². The van der Waals surface area contributed by atoms with Gasteiger partial charge in [0, 0.05) is 5.31 Å². The van der Waals surface area contributed by atoms with E-state index in [1.165, 1.54) is 0 Å². The van der Waals surface area contributed by atoms with Gasteiger partial charge in [0.15, 0.2) is 8.46 Å². The average Bonchev–Trinajstić information content (AvgIpc) is 1.95. The molecule has 0 saturated heterocycles. The third-order valence-electron chi connectivity index (χ3n) is 1.55. The fourth-order valence-corrected chi connectivity index (χ4v) is 2.51. The van der Waals surface area contributed by atoms with Crippen molar-refractivity contribution >= 4 is 40.3 Å². The number of hydrogen-bond acceptors (Lipinski definition) is 1. The Kier molecular flexibility index (Phi) is 3.07. The molecule has 0 N–H and O–H groups in total. The van der Waals surface area contributed by atoms with E-state index in [1.54, 1.807) is 0 Å². The lowest BCUT2D eigenvalue weighted by atomic mass is 10.0. The third kappa shape index (κ3) is 2.01. The second-order valence-corrected chi connectivity index (χ2v) is 5.88. The van der Waals surface area contributed by atoms with Gasteiger partial charge in [-0.05, 0) is 6.92 Å². The molecule has 1 aliphatic carbocycles. The van der Waals surface area contributed by atoms with Crippen LogP contribution < -0.4 is 0 Å². The molecular formula is C7H7Br2OP. The molecule has 60 valence electrons. The van der Waals surface area contributed by atoms with E-state index in [0.717, 1.165) is 5.31 Å². The SMILES string of the molecule is CC1(Br)C=CC=C(P=O)C1Br. The van der Waals surface area contributed by atoms with Gasteiger partial charge in [-0.25, -0.2) is 0 Å². The third-order valence-corrected chi connectivity index (χ3v) is 5.30. The van der Waals surface area contributed by atoms with E-state index in [9.17, 15) is 4.57 Å². The van der Waals surface area contributed by atoms with Crippen LogP contribution in [0.2, 0.25) is 0 Å². The first-order chi connectivity index (χ1) is 5.08. The van der Waals surface area contributed by atoms with Gasteiger partial charge in [-0.3, -0.25) is 4.57 Å². The molecule has 0 aromatic carbocycles. The monoisotopic (exact) mass is 296 g/mol. The van der Waals surface area contributed by atoms with Crippen molar-refractivity contribution < 1.29 is 4.57 Å². The maximum atomic E-state index is 10.6. The molecule has 0 radical (unpaired) electrons. The molecule has 11 heavy (non-hydrogen) atoms. The molecule has 4 heteroatoms. The highest BCUT2D eigenvalue weighted by Crippen LogP contribution is 2.40. The molecule has 0 bridgehead atoms. The van der Waals surface area contributed by atoms with Crippen molar-refractivity contribution in [2.45, 2.75) is 16.1 Å². The van der Waals surface area contributed by atoms with E-state index >= 15 is 0 Å². The number of hydrogen-bond donors (Lipinski definition) is 0. The van der Waals surface area contributed by atoms with Crippen LogP contribution in [0.25, 0.3) is 0 Å². The van der Waals surface area contributed by atoms with Gasteiger partial charge in [-0.15, -0.1) is 0 Å². The maximum absolute atomic E-state index is 10.6. The largest absolute Gasteiger partial charge is 0.270 e. The van der Waals surface area contributed by atoms with Gasteiger partial charge in [0.25, 0.3) is 0 Å². The zero-order valence-electron chi connectivity index (χ0n) is 5.92. The highest BCUT2D eigenvalue weighted by atomic mass is 79.9. The Balaban J connectivity index is 2.94. The van der Waals surface area contributed by atoms with Crippen LogP contribution in [-0.2, 0) is 4.57 Å². The first-order valence-electron chi connectivity index (χ1n) is 3.13. The standard InChI is InChI=1S/C7H7Br2OP/c1-7(9)4-2-3-5(11-10)6(7)8/h2-4,6H,1H3. The molecule has 1 rings (SSSR count). The fraction of sp³-hybridized carbons (Fsp3) is 0.429. The van der Waals surface area contributed by atoms with Gasteiger partial charge < -0.3 is 0 Å². The second-order valence-electron chi connectivity index (χ2n) is 2.56. The molecule has 0 aromatic rings. The van der Waals surface area contributed by atoms with Crippen molar-refractivity contribution in [2.75, 3.05) is 0 Å². The summed E-state index contributed by atoms with van der Waals surface area (Å²) in [5.74, 6) is 0. The van der Waals surface area contributed by atoms with Gasteiger partial charge in [0.1, 0.15) is 0 Å². The molecule has 0 aliphatic heterocycles. The lowest BCUT2D eigenvalue weighted by Crippen LogP contribution is -2.27. The van der Waals surface area contributed by atoms with E-state index in [1.807, 2.05) is 25.2 Å². The van der Waals surface area contributed by atoms with Crippen LogP contribution in [-0.4, -0.2) is 9.15 Å². The topological polar surface area (TPSA) is 17.1 Å². The van der Waals surface area contributed by atoms with E-state index in [0.29, 0.717) is 0 Å². The van der Waals surface area contributed by atoms with Gasteiger partial charge in [-0.2, -0.15) is 0 Å². The first kappa shape index (κ1) is 9.63. The molecular weight excluding hydrogens is 291 g/mol. The van der Waals surface area contributed by atoms with Gasteiger partial charge >= 0.3 is 0 Å². The summed E-state index contributed by atoms with van der Waals surface area (Å²) >= 11 is 6.98. The highest BCUT2D eigenvalue weighted by Gasteiger charge is 2.31. The molecule has 0 heterocycles. The van der Waals surface area contributed by atoms with Crippen LogP contribution >= 0.6 is 40.3 Å². The fourth-order valence-electron chi connectivity index (χ4n) is 0.870. The number of rotatable bonds is 1. The number of allylic oxidation sites excluding steroid dienone is 4. The normalized spacial score (nSPS) is 37.4. The van der Waals surface area contributed by atoms with Gasteiger partial charge in [-0.1, -0.05) is 50.1 Å². The van der Waals surface area contributed by atoms with Gasteiger partial charge in [0.2, 0.25) is 0 Å². The Bertz CT molecular complexity index is 233. The first-order valence-corrected chi connectivity index (χ1v) is 5.66. The van der Waals surface area contributed by atoms with Crippen molar-refractivity contribution in [3.8, 4) is 0 Å². The highest BCUT2D eigenvalue weighted by molar-refractivity contribution is 9.12. The zero-order valence-corrected chi connectivity index (χ0v) is 9.99. The van der Waals surface area contributed by atoms with Crippen LogP contribution in [0.15, 0.2) is 23.5 Å². The molecule has 0 aromatic heterocycles. The molecule has 1 nitrogen and oxygen atoms in total. The second kappa shape index (κ2) is 3.51. The Morgan fingerprint density at radius 1 is 1.73 bits per heavy atom. The van der Waals surface area contributed by atoms with Crippen molar-refractivity contribution in [1.29, 1.82) is 0 Å². The predicted molar refractivity (Wildman–Crippen MR) is 54.9 cm³/mol. The van der Waals surface area contributed by atoms with E-state index in [4.69, 9.17) is 0 Å². The van der Waals surface area contributed by atoms with Crippen LogP contribution in [0.5, 0.6) is 0 Å². The van der Waals surface area contributed by atoms with Crippen LogP contribution in [0.1, 0.15) is 6.92 Å². The van der Waals surface area contributed by atoms with E-state index in [2.05, 4.69) is 31.9 Å². The summed E-state index contributed by atoms with van der Waals surface area (Å²) in [5.41, 5.74) is 0. The summed E-state index contributed by atoms with van der Waals surface area (Å²) in [6.45, 7) is 2.03. The lowest BCUT2D eigenvalue weighted by Gasteiger charge is -2.26. The van der Waals surface area contributed by atoms with Crippen LogP contribution in [0.4, 0.5) is 0 Å². The Morgan fingerprint density at radius 3 is 2.82 bits per heavy atom. The Hall–Kier alpha value is 0.540. The van der Waals surface area contributed by atoms with Crippen molar-refractivity contribution in [3.05, 3.63) is 23.5 Å². The lowest BCUT2D eigenvalue weighted by molar-refractivity contribution is 0.600. The summed E-state index contributed by atoms with van der Waals surface area (Å²) in [4.78, 5) is 0.110. The molecule has 0 fully saturated rings. The maximum Gasteiger partial charge on any atom is 0.189 e. The molecule has 2 unspecified atom stereocenters. The summed E-state index contributed by atoms with van der Waals surface area (Å²) in [6.07, 6.45) is 5.80. The Morgan fingerprint density at radius 2 is 2.36 bits per heavy atom. The van der Waals surface area contributed by atoms with Crippen molar-refractivity contribution in [3.63, 3.8) is 0 Å². The number of halogens is 2. The van der Waals surface area contributed by atoms with E-state index in [-0.39, 0.29) is 17.6 Å². The van der Waals surface area contributed by atoms with Gasteiger partial charge in [0.05, 0.1) is 9.15 Å². The molecule has 0 amide bonds. The number of alkyl halides is 2. The smallest absolute Gasteiger partial charge is 0.189 e. The molecule has 1 aliphatic rings. The predicted octanol–water partition coefficient (Wildman–Crippen LogP) is 3.65. The minimum absolute atomic E-state index is 0.0881. The quantitative estimate of drug-likeness (QED) is 0.533. The summed E-state index contributed by atoms with van der Waals surface area (Å²) < 4.78 is 10.5. The van der Waals surface area contributed by atoms with E-state index < -0.39 is 0 Å². The molecule has 0 saturated carbocycles. The minimum atomic E-state index is -0.117. The van der Waals surface area contributed by atoms with Crippen molar-refractivity contribution in [2.24, 2.45) is 0 Å². The zero-order chi connectivity index (χ0) is 8.48. The molecule has 0 spiro atoms. The Labute approximate surface area is 84.4 Å². The summed E-state index contributed by atoms with van der Waals surface area (Å²) in [7, 11) is 0.0881. The van der Waals surface area contributed by atoms with Crippen LogP contribution in [0.3, 0.4) is 0 Å². The molecule has 2 atom stereocenters. The average molecular weight is 298 g/mol. The minimum Gasteiger partial charge on any atom is -0.270 e.